The van der Waals surface area contributed by atoms with Crippen molar-refractivity contribution in [3.05, 3.63) is 0 Å². The molecule has 0 aromatic carbocycles. The first-order valence-corrected chi connectivity index (χ1v) is 10.7. The van der Waals surface area contributed by atoms with E-state index in [1.54, 1.807) is 4.31 Å². The Morgan fingerprint density at radius 1 is 1.29 bits per heavy atom. The summed E-state index contributed by atoms with van der Waals surface area (Å²) < 4.78 is 32.5. The van der Waals surface area contributed by atoms with Crippen molar-refractivity contribution >= 4 is 16.0 Å². The number of hydrogen-bond donors (Lipinski definition) is 0. The van der Waals surface area contributed by atoms with Crippen LogP contribution in [0.2, 0.25) is 0 Å². The number of sulfonamides is 1. The molecule has 0 aromatic heterocycles. The average molecular weight is 359 g/mol. The van der Waals surface area contributed by atoms with Crippen molar-refractivity contribution in [1.82, 2.24) is 9.21 Å². The predicted octanol–water partition coefficient (Wildman–Crippen LogP) is 1.46. The number of carbonyl (C=O) groups excluding carboxylic acids is 1. The SMILES string of the molecule is CCOC(=O)[C@@]12CCCN(S(=O)(=O)C3CC3)C[C@@H]1CN(C(C)C)C2. The molecule has 2 saturated heterocycles. The van der Waals surface area contributed by atoms with Crippen molar-refractivity contribution in [2.45, 2.75) is 57.7 Å². The zero-order valence-corrected chi connectivity index (χ0v) is 15.8. The van der Waals surface area contributed by atoms with E-state index in [0.29, 0.717) is 32.3 Å². The van der Waals surface area contributed by atoms with Gasteiger partial charge in [-0.1, -0.05) is 0 Å². The highest BCUT2D eigenvalue weighted by Gasteiger charge is 2.56. The van der Waals surface area contributed by atoms with Gasteiger partial charge in [-0.3, -0.25) is 9.69 Å². The van der Waals surface area contributed by atoms with Crippen LogP contribution in [0.3, 0.4) is 0 Å². The lowest BCUT2D eigenvalue weighted by atomic mass is 9.75. The minimum atomic E-state index is -3.19. The van der Waals surface area contributed by atoms with E-state index in [1.165, 1.54) is 0 Å². The maximum Gasteiger partial charge on any atom is 0.313 e. The van der Waals surface area contributed by atoms with Crippen molar-refractivity contribution in [2.75, 3.05) is 32.8 Å². The molecule has 0 radical (unpaired) electrons. The second-order valence-electron chi connectivity index (χ2n) is 7.80. The van der Waals surface area contributed by atoms with Crippen molar-refractivity contribution in [3.63, 3.8) is 0 Å². The van der Waals surface area contributed by atoms with Gasteiger partial charge < -0.3 is 4.74 Å². The predicted molar refractivity (Wildman–Crippen MR) is 92.0 cm³/mol. The third-order valence-corrected chi connectivity index (χ3v) is 8.26. The number of rotatable bonds is 5. The summed E-state index contributed by atoms with van der Waals surface area (Å²) in [6.45, 7) is 8.92. The molecule has 1 saturated carbocycles. The summed E-state index contributed by atoms with van der Waals surface area (Å²) in [5.41, 5.74) is -0.548. The van der Waals surface area contributed by atoms with Gasteiger partial charge in [0.1, 0.15) is 0 Å². The minimum Gasteiger partial charge on any atom is -0.466 e. The number of ether oxygens (including phenoxy) is 1. The van der Waals surface area contributed by atoms with Gasteiger partial charge in [-0.2, -0.15) is 0 Å². The van der Waals surface area contributed by atoms with Gasteiger partial charge in [0.15, 0.2) is 0 Å². The molecule has 0 aromatic rings. The van der Waals surface area contributed by atoms with Crippen molar-refractivity contribution in [3.8, 4) is 0 Å². The van der Waals surface area contributed by atoms with Crippen LogP contribution in [0.15, 0.2) is 0 Å². The molecule has 3 fully saturated rings. The van der Waals surface area contributed by atoms with E-state index >= 15 is 0 Å². The van der Waals surface area contributed by atoms with E-state index in [9.17, 15) is 13.2 Å². The monoisotopic (exact) mass is 358 g/mol. The first kappa shape index (κ1) is 18.1. The fourth-order valence-corrected chi connectivity index (χ4v) is 6.17. The molecule has 2 aliphatic heterocycles. The Balaban J connectivity index is 1.87. The van der Waals surface area contributed by atoms with Crippen molar-refractivity contribution in [2.24, 2.45) is 11.3 Å². The van der Waals surface area contributed by atoms with Crippen LogP contribution in [-0.4, -0.2) is 67.7 Å². The van der Waals surface area contributed by atoms with Crippen LogP contribution >= 0.6 is 0 Å². The summed E-state index contributed by atoms with van der Waals surface area (Å²) in [6, 6.07) is 0.344. The molecule has 0 unspecified atom stereocenters. The Morgan fingerprint density at radius 2 is 2.00 bits per heavy atom. The van der Waals surface area contributed by atoms with Gasteiger partial charge in [-0.05, 0) is 46.5 Å². The Hall–Kier alpha value is -0.660. The Morgan fingerprint density at radius 3 is 2.58 bits per heavy atom. The summed E-state index contributed by atoms with van der Waals surface area (Å²) in [4.78, 5) is 15.1. The van der Waals surface area contributed by atoms with Crippen LogP contribution in [0, 0.1) is 11.3 Å². The lowest BCUT2D eigenvalue weighted by Gasteiger charge is -2.31. The van der Waals surface area contributed by atoms with Crippen LogP contribution < -0.4 is 0 Å². The van der Waals surface area contributed by atoms with E-state index < -0.39 is 15.4 Å². The number of carbonyl (C=O) groups is 1. The van der Waals surface area contributed by atoms with E-state index in [2.05, 4.69) is 18.7 Å². The molecule has 24 heavy (non-hydrogen) atoms. The van der Waals surface area contributed by atoms with Crippen molar-refractivity contribution < 1.29 is 17.9 Å². The fraction of sp³-hybridized carbons (Fsp3) is 0.941. The smallest absolute Gasteiger partial charge is 0.313 e. The minimum absolute atomic E-state index is 0.0231. The normalized spacial score (nSPS) is 32.6. The maximum atomic E-state index is 12.8. The average Bonchev–Trinajstić information content (AvgIpc) is 3.32. The van der Waals surface area contributed by atoms with Crippen LogP contribution in [-0.2, 0) is 19.6 Å². The van der Waals surface area contributed by atoms with Crippen LogP contribution in [0.5, 0.6) is 0 Å². The molecule has 6 nitrogen and oxygen atoms in total. The molecule has 0 bridgehead atoms. The molecule has 7 heteroatoms. The van der Waals surface area contributed by atoms with E-state index in [-0.39, 0.29) is 17.1 Å². The topological polar surface area (TPSA) is 66.9 Å². The molecule has 0 spiro atoms. The molecular weight excluding hydrogens is 328 g/mol. The third kappa shape index (κ3) is 3.10. The Labute approximate surface area is 145 Å². The lowest BCUT2D eigenvalue weighted by Crippen LogP contribution is -2.44. The summed E-state index contributed by atoms with van der Waals surface area (Å²) in [5.74, 6) is -0.112. The second kappa shape index (κ2) is 6.57. The van der Waals surface area contributed by atoms with Crippen LogP contribution in [0.1, 0.15) is 46.5 Å². The number of esters is 1. The summed E-state index contributed by atoms with van der Waals surface area (Å²) >= 11 is 0. The molecule has 0 N–H and O–H groups in total. The Kier molecular flexibility index (Phi) is 4.97. The molecule has 0 amide bonds. The van der Waals surface area contributed by atoms with Crippen LogP contribution in [0.4, 0.5) is 0 Å². The molecule has 1 aliphatic carbocycles. The number of nitrogens with zero attached hydrogens (tertiary/aromatic N) is 2. The first-order chi connectivity index (χ1) is 11.3. The third-order valence-electron chi connectivity index (χ3n) is 5.89. The highest BCUT2D eigenvalue weighted by Crippen LogP contribution is 2.45. The molecule has 3 rings (SSSR count). The zero-order valence-electron chi connectivity index (χ0n) is 15.0. The summed E-state index contributed by atoms with van der Waals surface area (Å²) in [5, 5.41) is -0.185. The molecule has 2 atom stereocenters. The van der Waals surface area contributed by atoms with Crippen LogP contribution in [0.25, 0.3) is 0 Å². The highest BCUT2D eigenvalue weighted by atomic mass is 32.2. The molecule has 2 heterocycles. The second-order valence-corrected chi connectivity index (χ2v) is 10.0. The quantitative estimate of drug-likeness (QED) is 0.696. The van der Waals surface area contributed by atoms with Gasteiger partial charge in [0.2, 0.25) is 10.0 Å². The fourth-order valence-electron chi connectivity index (χ4n) is 4.25. The first-order valence-electron chi connectivity index (χ1n) is 9.21. The highest BCUT2D eigenvalue weighted by molar-refractivity contribution is 7.90. The number of fused-ring (bicyclic) bond motifs is 1. The molecule has 3 aliphatic rings. The van der Waals surface area contributed by atoms with E-state index in [0.717, 1.165) is 32.2 Å². The summed E-state index contributed by atoms with van der Waals surface area (Å²) in [7, 11) is -3.19. The number of hydrogen-bond acceptors (Lipinski definition) is 5. The van der Waals surface area contributed by atoms with Gasteiger partial charge in [-0.25, -0.2) is 12.7 Å². The van der Waals surface area contributed by atoms with Crippen molar-refractivity contribution in [1.29, 1.82) is 0 Å². The molecule has 138 valence electrons. The summed E-state index contributed by atoms with van der Waals surface area (Å²) in [6.07, 6.45) is 3.01. The lowest BCUT2D eigenvalue weighted by molar-refractivity contribution is -0.157. The van der Waals surface area contributed by atoms with Gasteiger partial charge in [0.05, 0.1) is 17.3 Å². The van der Waals surface area contributed by atoms with Gasteiger partial charge in [0.25, 0.3) is 0 Å². The standard InChI is InChI=1S/C17H30N2O4S/c1-4-23-16(20)17-8-5-9-19(24(21,22)15-6-7-15)11-14(17)10-18(12-17)13(2)3/h13-15H,4-12H2,1-3H3/t14-,17+/m0/s1. The molecular formula is C17H30N2O4S. The zero-order chi connectivity index (χ0) is 17.5. The number of likely N-dealkylation sites (tertiary alicyclic amines) is 1. The van der Waals surface area contributed by atoms with Gasteiger partial charge in [0, 0.05) is 38.1 Å². The van der Waals surface area contributed by atoms with Gasteiger partial charge >= 0.3 is 5.97 Å². The van der Waals surface area contributed by atoms with E-state index in [4.69, 9.17) is 4.74 Å². The largest absolute Gasteiger partial charge is 0.466 e. The van der Waals surface area contributed by atoms with Gasteiger partial charge in [-0.15, -0.1) is 0 Å². The van der Waals surface area contributed by atoms with E-state index in [1.807, 2.05) is 6.92 Å². The maximum absolute atomic E-state index is 12.8. The Bertz CT molecular complexity index is 587.